The maximum atomic E-state index is 13.6. The van der Waals surface area contributed by atoms with Crippen LogP contribution in [-0.4, -0.2) is 11.8 Å². The number of thioether (sulfide) groups is 1. The van der Waals surface area contributed by atoms with Crippen molar-refractivity contribution in [3.63, 3.8) is 0 Å². The first kappa shape index (κ1) is 25.8. The van der Waals surface area contributed by atoms with Gasteiger partial charge in [-0.25, -0.2) is 0 Å². The molecule has 1 heterocycles. The van der Waals surface area contributed by atoms with Gasteiger partial charge in [0, 0.05) is 15.6 Å². The van der Waals surface area contributed by atoms with E-state index in [4.69, 9.17) is 11.6 Å². The van der Waals surface area contributed by atoms with E-state index in [1.54, 1.807) is 72.1 Å². The molecule has 0 fully saturated rings. The summed E-state index contributed by atoms with van der Waals surface area (Å²) in [6.45, 7) is 0. The minimum atomic E-state index is -4.70. The number of hydrogen-bond donors (Lipinski definition) is 2. The molecule has 4 nitrogen and oxygen atoms in total. The van der Waals surface area contributed by atoms with Crippen molar-refractivity contribution >= 4 is 57.9 Å². The van der Waals surface area contributed by atoms with Gasteiger partial charge in [-0.2, -0.15) is 13.2 Å². The summed E-state index contributed by atoms with van der Waals surface area (Å²) in [7, 11) is 0. The molecule has 0 aliphatic carbocycles. The van der Waals surface area contributed by atoms with Crippen LogP contribution in [0, 0.1) is 0 Å². The zero-order chi connectivity index (χ0) is 25.7. The van der Waals surface area contributed by atoms with Gasteiger partial charge in [0.2, 0.25) is 5.91 Å². The van der Waals surface area contributed by atoms with E-state index < -0.39 is 22.9 Å². The smallest absolute Gasteiger partial charge is 0.324 e. The molecule has 184 valence electrons. The first-order chi connectivity index (χ1) is 17.2. The van der Waals surface area contributed by atoms with Crippen LogP contribution in [0.3, 0.4) is 0 Å². The SMILES string of the molecule is O=C(Nc1cccc(SC(C(=O)Nc2ccc(Cl)cc2C(F)(F)F)c2ccccc2)c1)c1cccs1. The third kappa shape index (κ3) is 6.48. The summed E-state index contributed by atoms with van der Waals surface area (Å²) in [4.78, 5) is 26.9. The number of thiophene rings is 1. The minimum Gasteiger partial charge on any atom is -0.324 e. The summed E-state index contributed by atoms with van der Waals surface area (Å²) < 4.78 is 40.7. The van der Waals surface area contributed by atoms with Crippen molar-refractivity contribution in [1.29, 1.82) is 0 Å². The van der Waals surface area contributed by atoms with Crippen molar-refractivity contribution in [1.82, 2.24) is 0 Å². The molecule has 1 atom stereocenters. The Morgan fingerprint density at radius 3 is 2.36 bits per heavy atom. The average Bonchev–Trinajstić information content (AvgIpc) is 3.39. The van der Waals surface area contributed by atoms with Gasteiger partial charge in [0.05, 0.1) is 16.1 Å². The Hall–Kier alpha value is -3.27. The van der Waals surface area contributed by atoms with Crippen molar-refractivity contribution in [2.75, 3.05) is 10.6 Å². The second-order valence-electron chi connectivity index (χ2n) is 7.54. The number of amides is 2. The van der Waals surface area contributed by atoms with Crippen LogP contribution < -0.4 is 10.6 Å². The molecule has 36 heavy (non-hydrogen) atoms. The van der Waals surface area contributed by atoms with E-state index in [1.807, 2.05) is 0 Å². The van der Waals surface area contributed by atoms with E-state index in [-0.39, 0.29) is 16.6 Å². The molecule has 0 spiro atoms. The third-order valence-corrected chi connectivity index (χ3v) is 7.33. The number of carbonyl (C=O) groups is 2. The largest absolute Gasteiger partial charge is 0.418 e. The van der Waals surface area contributed by atoms with Gasteiger partial charge in [-0.15, -0.1) is 23.1 Å². The first-order valence-corrected chi connectivity index (χ1v) is 12.7. The summed E-state index contributed by atoms with van der Waals surface area (Å²) in [5.74, 6) is -0.890. The minimum absolute atomic E-state index is 0.0873. The van der Waals surface area contributed by atoms with Gasteiger partial charge in [-0.05, 0) is 53.4 Å². The Bertz CT molecular complexity index is 1360. The summed E-state index contributed by atoms with van der Waals surface area (Å²) in [5.41, 5.74) is -0.271. The molecule has 0 radical (unpaired) electrons. The highest BCUT2D eigenvalue weighted by Crippen LogP contribution is 2.40. The lowest BCUT2D eigenvalue weighted by atomic mass is 10.1. The van der Waals surface area contributed by atoms with Crippen LogP contribution in [-0.2, 0) is 11.0 Å². The molecular weight excluding hydrogens is 529 g/mol. The lowest BCUT2D eigenvalue weighted by Crippen LogP contribution is -2.21. The zero-order valence-corrected chi connectivity index (χ0v) is 20.8. The van der Waals surface area contributed by atoms with Crippen LogP contribution in [0.25, 0.3) is 0 Å². The number of rotatable bonds is 7. The molecule has 0 bridgehead atoms. The Morgan fingerprint density at radius 2 is 1.67 bits per heavy atom. The first-order valence-electron chi connectivity index (χ1n) is 10.5. The van der Waals surface area contributed by atoms with Gasteiger partial charge >= 0.3 is 6.18 Å². The van der Waals surface area contributed by atoms with Crippen LogP contribution >= 0.6 is 34.7 Å². The van der Waals surface area contributed by atoms with E-state index in [9.17, 15) is 22.8 Å². The third-order valence-electron chi connectivity index (χ3n) is 4.98. The number of nitrogens with one attached hydrogen (secondary N) is 2. The van der Waals surface area contributed by atoms with Crippen molar-refractivity contribution in [3.8, 4) is 0 Å². The van der Waals surface area contributed by atoms with Crippen LogP contribution in [0.15, 0.2) is 95.2 Å². The normalized spacial score (nSPS) is 12.1. The van der Waals surface area contributed by atoms with Crippen LogP contribution in [0.4, 0.5) is 24.5 Å². The van der Waals surface area contributed by atoms with Gasteiger partial charge in [0.15, 0.2) is 0 Å². The summed E-state index contributed by atoms with van der Waals surface area (Å²) in [6, 6.07) is 22.3. The maximum absolute atomic E-state index is 13.6. The van der Waals surface area contributed by atoms with Crippen molar-refractivity contribution in [2.24, 2.45) is 0 Å². The average molecular weight is 547 g/mol. The Kier molecular flexibility index (Phi) is 8.03. The number of anilines is 2. The van der Waals surface area contributed by atoms with Crippen LogP contribution in [0.5, 0.6) is 0 Å². The molecule has 0 saturated heterocycles. The molecule has 0 saturated carbocycles. The highest BCUT2D eigenvalue weighted by molar-refractivity contribution is 8.00. The number of alkyl halides is 3. The fourth-order valence-corrected chi connectivity index (χ4v) is 5.22. The van der Waals surface area contributed by atoms with Crippen molar-refractivity contribution < 1.29 is 22.8 Å². The fourth-order valence-electron chi connectivity index (χ4n) is 3.34. The van der Waals surface area contributed by atoms with E-state index in [0.29, 0.717) is 21.0 Å². The number of carbonyl (C=O) groups excluding carboxylic acids is 2. The summed E-state index contributed by atoms with van der Waals surface area (Å²) >= 11 is 8.23. The lowest BCUT2D eigenvalue weighted by Gasteiger charge is -2.20. The predicted octanol–water partition coefficient (Wildman–Crippen LogP) is 8.14. The standard InChI is InChI=1S/C26H18ClF3N2O2S2/c27-17-11-12-21(20(14-17)26(28,29)30)32-25(34)23(16-6-2-1-3-7-16)36-19-9-4-8-18(15-19)31-24(33)22-10-5-13-35-22/h1-15,23H,(H,31,33)(H,32,34). The van der Waals surface area contributed by atoms with E-state index in [2.05, 4.69) is 10.6 Å². The molecule has 0 aliphatic heterocycles. The topological polar surface area (TPSA) is 58.2 Å². The highest BCUT2D eigenvalue weighted by atomic mass is 35.5. The molecule has 2 amide bonds. The Balaban J connectivity index is 1.59. The van der Waals surface area contributed by atoms with Gasteiger partial charge in [-0.3, -0.25) is 9.59 Å². The second-order valence-corrected chi connectivity index (χ2v) is 10.1. The second kappa shape index (κ2) is 11.2. The molecule has 1 unspecified atom stereocenters. The number of halogens is 4. The number of benzene rings is 3. The zero-order valence-electron chi connectivity index (χ0n) is 18.4. The van der Waals surface area contributed by atoms with Crippen molar-refractivity contribution in [3.05, 3.63) is 111 Å². The molecule has 0 aliphatic rings. The monoisotopic (exact) mass is 546 g/mol. The molecule has 10 heteroatoms. The van der Waals surface area contributed by atoms with E-state index in [0.717, 1.165) is 23.9 Å². The van der Waals surface area contributed by atoms with Gasteiger partial charge < -0.3 is 10.6 Å². The highest BCUT2D eigenvalue weighted by Gasteiger charge is 2.35. The molecule has 2 N–H and O–H groups in total. The van der Waals surface area contributed by atoms with E-state index >= 15 is 0 Å². The fraction of sp³-hybridized carbons (Fsp3) is 0.0769. The van der Waals surface area contributed by atoms with Gasteiger partial charge in [0.1, 0.15) is 5.25 Å². The van der Waals surface area contributed by atoms with Gasteiger partial charge in [-0.1, -0.05) is 54.1 Å². The molecule has 4 aromatic rings. The maximum Gasteiger partial charge on any atom is 0.418 e. The molecular formula is C26H18ClF3N2O2S2. The molecule has 1 aromatic heterocycles. The molecule has 3 aromatic carbocycles. The van der Waals surface area contributed by atoms with Crippen molar-refractivity contribution in [2.45, 2.75) is 16.3 Å². The summed E-state index contributed by atoms with van der Waals surface area (Å²) in [5, 5.41) is 6.08. The van der Waals surface area contributed by atoms with Gasteiger partial charge in [0.25, 0.3) is 5.91 Å². The number of hydrogen-bond acceptors (Lipinski definition) is 4. The predicted molar refractivity (Wildman–Crippen MR) is 139 cm³/mol. The molecule has 4 rings (SSSR count). The van der Waals surface area contributed by atoms with Crippen LogP contribution in [0.1, 0.15) is 26.0 Å². The lowest BCUT2D eigenvalue weighted by molar-refractivity contribution is -0.137. The Labute approximate surface area is 218 Å². The summed E-state index contributed by atoms with van der Waals surface area (Å²) in [6.07, 6.45) is -4.70. The Morgan fingerprint density at radius 1 is 0.889 bits per heavy atom. The quantitative estimate of drug-likeness (QED) is 0.230. The van der Waals surface area contributed by atoms with E-state index in [1.165, 1.54) is 17.4 Å². The van der Waals surface area contributed by atoms with Crippen LogP contribution in [0.2, 0.25) is 5.02 Å².